The lowest BCUT2D eigenvalue weighted by Crippen LogP contribution is -2.57. The molecular weight excluding hydrogens is 640 g/mol. The first kappa shape index (κ1) is 33.8. The van der Waals surface area contributed by atoms with Crippen LogP contribution in [0.5, 0.6) is 6.01 Å². The van der Waals surface area contributed by atoms with E-state index in [-0.39, 0.29) is 35.6 Å². The fourth-order valence-corrected chi connectivity index (χ4v) is 7.73. The molecule has 3 heterocycles. The van der Waals surface area contributed by atoms with Crippen molar-refractivity contribution in [3.8, 4) is 6.01 Å². The molecule has 1 aliphatic carbocycles. The summed E-state index contributed by atoms with van der Waals surface area (Å²) in [6, 6.07) is 8.59. The van der Waals surface area contributed by atoms with Gasteiger partial charge in [0, 0.05) is 61.9 Å². The number of carbonyl (C=O) groups excluding carboxylic acids is 1. The Balaban J connectivity index is 1.35. The van der Waals surface area contributed by atoms with E-state index < -0.39 is 23.6 Å². The zero-order valence-electron chi connectivity index (χ0n) is 27.5. The maximum Gasteiger partial charge on any atom is 0.318 e. The molecule has 6 rings (SSSR count). The number of aromatic nitrogens is 2. The van der Waals surface area contributed by atoms with Crippen molar-refractivity contribution >= 4 is 39.8 Å². The molecule has 48 heavy (non-hydrogen) atoms. The standard InChI is InChI=1S/C35H40ClF2N7O3/c1-22(37)33(46)45-14-13-44(18-24(45)17-39-2)32-26-11-12-43(29-8-6-7-23-9-10-27(38)31(36)30(23)29)19-28(26)40-34(41-32)48-21-35(20-42(3)4)15-25(16-35)47-5/h6-10,24-25H,1,11-21H2,3-5H3/t24-,25?,35?/m0/s1. The predicted molar refractivity (Wildman–Crippen MR) is 182 cm³/mol. The van der Waals surface area contributed by atoms with Crippen LogP contribution in [-0.4, -0.2) is 105 Å². The number of benzene rings is 2. The van der Waals surface area contributed by atoms with Gasteiger partial charge in [0.15, 0.2) is 5.83 Å². The summed E-state index contributed by atoms with van der Waals surface area (Å²) in [4.78, 5) is 33.7. The Morgan fingerprint density at radius 3 is 2.69 bits per heavy atom. The molecule has 0 N–H and O–H groups in total. The number of fused-ring (bicyclic) bond motifs is 2. The molecule has 10 nitrogen and oxygen atoms in total. The van der Waals surface area contributed by atoms with Crippen molar-refractivity contribution in [1.29, 1.82) is 0 Å². The van der Waals surface area contributed by atoms with Gasteiger partial charge in [-0.1, -0.05) is 36.4 Å². The van der Waals surface area contributed by atoms with Crippen LogP contribution in [-0.2, 0) is 22.5 Å². The van der Waals surface area contributed by atoms with Crippen molar-refractivity contribution in [1.82, 2.24) is 19.8 Å². The van der Waals surface area contributed by atoms with Gasteiger partial charge in [0.2, 0.25) is 6.54 Å². The van der Waals surface area contributed by atoms with Crippen LogP contribution in [0.4, 0.5) is 20.3 Å². The van der Waals surface area contributed by atoms with Crippen LogP contribution in [0.1, 0.15) is 24.1 Å². The molecule has 3 aliphatic rings. The van der Waals surface area contributed by atoms with Gasteiger partial charge < -0.3 is 33.9 Å². The van der Waals surface area contributed by atoms with Gasteiger partial charge in [-0.25, -0.2) is 15.4 Å². The Bertz CT molecular complexity index is 1760. The fraction of sp³-hybridized carbons (Fsp3) is 0.486. The minimum atomic E-state index is -1.04. The number of halogens is 3. The Morgan fingerprint density at radius 2 is 1.98 bits per heavy atom. The van der Waals surface area contributed by atoms with Crippen LogP contribution in [0.15, 0.2) is 42.7 Å². The van der Waals surface area contributed by atoms with Gasteiger partial charge >= 0.3 is 6.01 Å². The lowest BCUT2D eigenvalue weighted by atomic mass is 9.67. The molecular formula is C35H40ClF2N7O3. The fourth-order valence-electron chi connectivity index (χ4n) is 7.46. The molecule has 254 valence electrons. The molecule has 0 unspecified atom stereocenters. The van der Waals surface area contributed by atoms with E-state index in [0.717, 1.165) is 41.7 Å². The van der Waals surface area contributed by atoms with Gasteiger partial charge in [-0.3, -0.25) is 4.79 Å². The summed E-state index contributed by atoms with van der Waals surface area (Å²) in [5.41, 5.74) is 2.42. The first-order valence-electron chi connectivity index (χ1n) is 16.1. The van der Waals surface area contributed by atoms with E-state index in [1.54, 1.807) is 13.2 Å². The highest BCUT2D eigenvalue weighted by atomic mass is 35.5. The van der Waals surface area contributed by atoms with Gasteiger partial charge in [-0.05, 0) is 50.9 Å². The Morgan fingerprint density at radius 1 is 1.19 bits per heavy atom. The van der Waals surface area contributed by atoms with E-state index >= 15 is 0 Å². The second-order valence-electron chi connectivity index (χ2n) is 13.3. The molecule has 1 amide bonds. The average molecular weight is 680 g/mol. The average Bonchev–Trinajstić information content (AvgIpc) is 3.06. The van der Waals surface area contributed by atoms with E-state index in [2.05, 4.69) is 21.2 Å². The van der Waals surface area contributed by atoms with Crippen LogP contribution < -0.4 is 14.5 Å². The van der Waals surface area contributed by atoms with Crippen molar-refractivity contribution in [2.75, 3.05) is 76.9 Å². The Hall–Kier alpha value is -4.05. The molecule has 0 radical (unpaired) electrons. The smallest absolute Gasteiger partial charge is 0.318 e. The van der Waals surface area contributed by atoms with E-state index in [0.29, 0.717) is 50.4 Å². The number of hydrogen-bond donors (Lipinski definition) is 0. The van der Waals surface area contributed by atoms with Crippen molar-refractivity contribution in [3.05, 3.63) is 76.3 Å². The van der Waals surface area contributed by atoms with Crippen molar-refractivity contribution in [3.63, 3.8) is 0 Å². The third-order valence-electron chi connectivity index (χ3n) is 9.67. The molecule has 0 bridgehead atoms. The summed E-state index contributed by atoms with van der Waals surface area (Å²) >= 11 is 6.51. The molecule has 13 heteroatoms. The molecule has 2 fully saturated rings. The summed E-state index contributed by atoms with van der Waals surface area (Å²) in [6.45, 7) is 13.8. The minimum Gasteiger partial charge on any atom is -0.463 e. The first-order valence-corrected chi connectivity index (χ1v) is 16.5. The van der Waals surface area contributed by atoms with Crippen LogP contribution in [0.3, 0.4) is 0 Å². The quantitative estimate of drug-likeness (QED) is 0.216. The highest BCUT2D eigenvalue weighted by molar-refractivity contribution is 6.36. The van der Waals surface area contributed by atoms with E-state index in [1.165, 1.54) is 11.0 Å². The zero-order valence-corrected chi connectivity index (χ0v) is 28.3. The highest BCUT2D eigenvalue weighted by Crippen LogP contribution is 2.44. The van der Waals surface area contributed by atoms with E-state index in [4.69, 9.17) is 37.6 Å². The second-order valence-corrected chi connectivity index (χ2v) is 13.7. The normalized spacial score (nSPS) is 22.3. The Kier molecular flexibility index (Phi) is 9.74. The van der Waals surface area contributed by atoms with E-state index in [9.17, 15) is 13.6 Å². The first-order chi connectivity index (χ1) is 23.0. The number of rotatable bonds is 10. The van der Waals surface area contributed by atoms with Gasteiger partial charge in [0.1, 0.15) is 17.7 Å². The largest absolute Gasteiger partial charge is 0.463 e. The molecule has 1 aromatic heterocycles. The van der Waals surface area contributed by atoms with Crippen LogP contribution in [0.25, 0.3) is 15.6 Å². The zero-order chi connectivity index (χ0) is 34.2. The molecule has 2 aliphatic heterocycles. The van der Waals surface area contributed by atoms with Gasteiger partial charge in [-0.15, -0.1) is 0 Å². The maximum absolute atomic E-state index is 14.6. The third-order valence-corrected chi connectivity index (χ3v) is 10.0. The monoisotopic (exact) mass is 679 g/mol. The molecule has 3 aromatic rings. The summed E-state index contributed by atoms with van der Waals surface area (Å²) in [5.74, 6) is -1.63. The SMILES string of the molecule is [C-]#[N+]C[C@H]1CN(c2nc(OCC3(CN(C)C)CC(OC)C3)nc3c2CCN(c2cccc4ccc(F)c(Cl)c24)C3)CCN1C(=O)C(=C)F. The number of ether oxygens (including phenoxy) is 2. The topological polar surface area (TPSA) is 78.6 Å². The van der Waals surface area contributed by atoms with E-state index in [1.807, 2.05) is 37.2 Å². The number of amides is 1. The van der Waals surface area contributed by atoms with Crippen LogP contribution in [0.2, 0.25) is 5.02 Å². The number of nitrogens with zero attached hydrogens (tertiary/aromatic N) is 7. The highest BCUT2D eigenvalue weighted by Gasteiger charge is 2.46. The second kappa shape index (κ2) is 13.8. The predicted octanol–water partition coefficient (Wildman–Crippen LogP) is 5.14. The number of carbonyl (C=O) groups is 1. The lowest BCUT2D eigenvalue weighted by Gasteiger charge is -2.47. The van der Waals surface area contributed by atoms with Gasteiger partial charge in [0.05, 0.1) is 30.0 Å². The summed E-state index contributed by atoms with van der Waals surface area (Å²) < 4.78 is 40.5. The molecule has 1 saturated carbocycles. The van der Waals surface area contributed by atoms with Crippen LogP contribution in [0, 0.1) is 17.8 Å². The lowest BCUT2D eigenvalue weighted by molar-refractivity contribution is -0.131. The molecule has 0 spiro atoms. The van der Waals surface area contributed by atoms with Crippen LogP contribution >= 0.6 is 11.6 Å². The minimum absolute atomic E-state index is 0.0199. The van der Waals surface area contributed by atoms with Gasteiger partial charge in [0.25, 0.3) is 5.91 Å². The van der Waals surface area contributed by atoms with Gasteiger partial charge in [-0.2, -0.15) is 9.97 Å². The van der Waals surface area contributed by atoms with Crippen molar-refractivity contribution < 1.29 is 23.0 Å². The summed E-state index contributed by atoms with van der Waals surface area (Å²) in [6.07, 6.45) is 2.49. The summed E-state index contributed by atoms with van der Waals surface area (Å²) in [7, 11) is 5.81. The number of hydrogen-bond acceptors (Lipinski definition) is 8. The summed E-state index contributed by atoms with van der Waals surface area (Å²) in [5, 5.41) is 1.57. The van der Waals surface area contributed by atoms with Crippen molar-refractivity contribution in [2.24, 2.45) is 5.41 Å². The molecule has 2 aromatic carbocycles. The maximum atomic E-state index is 14.6. The molecule has 1 atom stereocenters. The number of piperazine rings is 1. The number of anilines is 2. The van der Waals surface area contributed by atoms with Crippen molar-refractivity contribution in [2.45, 2.75) is 38.0 Å². The number of methoxy groups -OCH3 is 1. The third kappa shape index (κ3) is 6.64. The molecule has 1 saturated heterocycles. The Labute approximate surface area is 284 Å².